The van der Waals surface area contributed by atoms with Gasteiger partial charge in [-0.05, 0) is 58.8 Å². The van der Waals surface area contributed by atoms with Gasteiger partial charge in [-0.15, -0.1) is 0 Å². The second kappa shape index (κ2) is 10.4. The molecule has 1 unspecified atom stereocenters. The average molecular weight is 214 g/mol. The first-order chi connectivity index (χ1) is 7.26. The smallest absolute Gasteiger partial charge is 0.00643 e. The lowest BCUT2D eigenvalue weighted by molar-refractivity contribution is 0.201. The fraction of sp³-hybridized carbons (Fsp3) is 1.00. The number of nitrogens with zero attached hydrogens (tertiary/aromatic N) is 1. The van der Waals surface area contributed by atoms with Crippen molar-refractivity contribution < 1.29 is 0 Å². The second-order valence-corrected chi connectivity index (χ2v) is 4.40. The van der Waals surface area contributed by atoms with E-state index in [0.717, 1.165) is 12.6 Å². The van der Waals surface area contributed by atoms with Crippen LogP contribution >= 0.6 is 0 Å². The molecule has 0 aliphatic rings. The number of hydrogen-bond acceptors (Lipinski definition) is 2. The Kier molecular flexibility index (Phi) is 10.4. The molecule has 1 atom stereocenters. The van der Waals surface area contributed by atoms with Gasteiger partial charge in [-0.25, -0.2) is 0 Å². The third kappa shape index (κ3) is 7.80. The van der Waals surface area contributed by atoms with E-state index in [-0.39, 0.29) is 0 Å². The van der Waals surface area contributed by atoms with E-state index in [1.165, 1.54) is 45.3 Å². The molecule has 0 spiro atoms. The monoisotopic (exact) mass is 214 g/mol. The fourth-order valence-corrected chi connectivity index (χ4v) is 1.81. The maximum Gasteiger partial charge on any atom is 0.00643 e. The first kappa shape index (κ1) is 14.9. The van der Waals surface area contributed by atoms with E-state index in [1.807, 2.05) is 0 Å². The maximum atomic E-state index is 3.46. The molecule has 0 aromatic heterocycles. The van der Waals surface area contributed by atoms with Crippen molar-refractivity contribution in [3.8, 4) is 0 Å². The van der Waals surface area contributed by atoms with E-state index in [2.05, 4.69) is 37.9 Å². The zero-order valence-corrected chi connectivity index (χ0v) is 11.2. The van der Waals surface area contributed by atoms with Gasteiger partial charge in [0.05, 0.1) is 0 Å². The van der Waals surface area contributed by atoms with Crippen molar-refractivity contribution >= 4 is 0 Å². The third-order valence-corrected chi connectivity index (χ3v) is 2.95. The Morgan fingerprint density at radius 2 is 1.73 bits per heavy atom. The SMILES string of the molecule is CCCNCCCN(CCC)C(C)CC. The topological polar surface area (TPSA) is 15.3 Å². The van der Waals surface area contributed by atoms with Crippen LogP contribution < -0.4 is 5.32 Å². The molecule has 0 heterocycles. The van der Waals surface area contributed by atoms with Gasteiger partial charge in [0, 0.05) is 6.04 Å². The summed E-state index contributed by atoms with van der Waals surface area (Å²) in [6.07, 6.45) is 5.06. The minimum absolute atomic E-state index is 0.746. The first-order valence-electron chi connectivity index (χ1n) is 6.70. The summed E-state index contributed by atoms with van der Waals surface area (Å²) in [5, 5.41) is 3.46. The van der Waals surface area contributed by atoms with Crippen LogP contribution in [-0.4, -0.2) is 37.1 Å². The molecule has 0 saturated carbocycles. The summed E-state index contributed by atoms with van der Waals surface area (Å²) >= 11 is 0. The second-order valence-electron chi connectivity index (χ2n) is 4.40. The minimum atomic E-state index is 0.746. The number of rotatable bonds is 10. The third-order valence-electron chi connectivity index (χ3n) is 2.95. The molecule has 92 valence electrons. The summed E-state index contributed by atoms with van der Waals surface area (Å²) in [6.45, 7) is 13.9. The molecule has 2 nitrogen and oxygen atoms in total. The molecule has 0 aliphatic carbocycles. The Labute approximate surface area is 96.4 Å². The van der Waals surface area contributed by atoms with Crippen molar-refractivity contribution in [2.45, 2.75) is 59.4 Å². The normalized spacial score (nSPS) is 13.4. The lowest BCUT2D eigenvalue weighted by atomic mass is 10.2. The van der Waals surface area contributed by atoms with E-state index < -0.39 is 0 Å². The van der Waals surface area contributed by atoms with Crippen molar-refractivity contribution in [1.82, 2.24) is 10.2 Å². The number of hydrogen-bond donors (Lipinski definition) is 1. The fourth-order valence-electron chi connectivity index (χ4n) is 1.81. The molecular weight excluding hydrogens is 184 g/mol. The predicted molar refractivity (Wildman–Crippen MR) is 69.4 cm³/mol. The van der Waals surface area contributed by atoms with Crippen LogP contribution in [0.5, 0.6) is 0 Å². The highest BCUT2D eigenvalue weighted by Crippen LogP contribution is 2.04. The summed E-state index contributed by atoms with van der Waals surface area (Å²) in [5.41, 5.74) is 0. The Hall–Kier alpha value is -0.0800. The molecule has 1 N–H and O–H groups in total. The van der Waals surface area contributed by atoms with Gasteiger partial charge in [0.15, 0.2) is 0 Å². The largest absolute Gasteiger partial charge is 0.317 e. The van der Waals surface area contributed by atoms with Crippen LogP contribution in [0.1, 0.15) is 53.4 Å². The molecule has 0 rings (SSSR count). The quantitative estimate of drug-likeness (QED) is 0.563. The molecule has 0 radical (unpaired) electrons. The summed E-state index contributed by atoms with van der Waals surface area (Å²) in [6, 6.07) is 0.746. The zero-order chi connectivity index (χ0) is 11.5. The minimum Gasteiger partial charge on any atom is -0.317 e. The molecule has 15 heavy (non-hydrogen) atoms. The van der Waals surface area contributed by atoms with Crippen molar-refractivity contribution in [2.24, 2.45) is 0 Å². The van der Waals surface area contributed by atoms with E-state index in [1.54, 1.807) is 0 Å². The maximum absolute atomic E-state index is 3.46. The summed E-state index contributed by atoms with van der Waals surface area (Å²) in [4.78, 5) is 2.62. The van der Waals surface area contributed by atoms with Gasteiger partial charge in [-0.3, -0.25) is 0 Å². The van der Waals surface area contributed by atoms with E-state index >= 15 is 0 Å². The van der Waals surface area contributed by atoms with Crippen LogP contribution in [0.25, 0.3) is 0 Å². The molecule has 0 bridgehead atoms. The molecule has 0 aromatic carbocycles. The van der Waals surface area contributed by atoms with Crippen LogP contribution in [0.2, 0.25) is 0 Å². The highest BCUT2D eigenvalue weighted by molar-refractivity contribution is 4.65. The van der Waals surface area contributed by atoms with Gasteiger partial charge < -0.3 is 10.2 Å². The Bertz CT molecular complexity index is 126. The van der Waals surface area contributed by atoms with Crippen molar-refractivity contribution in [3.05, 3.63) is 0 Å². The van der Waals surface area contributed by atoms with Gasteiger partial charge in [0.25, 0.3) is 0 Å². The van der Waals surface area contributed by atoms with Gasteiger partial charge in [-0.2, -0.15) is 0 Å². The molecular formula is C13H30N2. The van der Waals surface area contributed by atoms with Crippen LogP contribution in [0.3, 0.4) is 0 Å². The van der Waals surface area contributed by atoms with Gasteiger partial charge in [0.1, 0.15) is 0 Å². The van der Waals surface area contributed by atoms with E-state index in [0.29, 0.717) is 0 Å². The highest BCUT2D eigenvalue weighted by atomic mass is 15.1. The van der Waals surface area contributed by atoms with E-state index in [9.17, 15) is 0 Å². The van der Waals surface area contributed by atoms with Crippen LogP contribution in [0.15, 0.2) is 0 Å². The predicted octanol–water partition coefficient (Wildman–Crippen LogP) is 2.89. The molecule has 0 amide bonds. The van der Waals surface area contributed by atoms with Crippen LogP contribution in [0, 0.1) is 0 Å². The van der Waals surface area contributed by atoms with E-state index in [4.69, 9.17) is 0 Å². The lowest BCUT2D eigenvalue weighted by Crippen LogP contribution is -2.35. The molecule has 0 fully saturated rings. The van der Waals surface area contributed by atoms with Crippen molar-refractivity contribution in [3.63, 3.8) is 0 Å². The van der Waals surface area contributed by atoms with Crippen molar-refractivity contribution in [1.29, 1.82) is 0 Å². The Balaban J connectivity index is 3.56. The molecule has 0 saturated heterocycles. The highest BCUT2D eigenvalue weighted by Gasteiger charge is 2.09. The molecule has 2 heteroatoms. The first-order valence-corrected chi connectivity index (χ1v) is 6.70. The standard InChI is InChI=1S/C13H30N2/c1-5-9-14-10-8-12-15(11-6-2)13(4)7-3/h13-14H,5-12H2,1-4H3. The molecule has 0 aliphatic heterocycles. The van der Waals surface area contributed by atoms with Crippen molar-refractivity contribution in [2.75, 3.05) is 26.2 Å². The number of nitrogens with one attached hydrogen (secondary N) is 1. The Morgan fingerprint density at radius 1 is 1.00 bits per heavy atom. The molecule has 0 aromatic rings. The summed E-state index contributed by atoms with van der Waals surface area (Å²) < 4.78 is 0. The zero-order valence-electron chi connectivity index (χ0n) is 11.2. The summed E-state index contributed by atoms with van der Waals surface area (Å²) in [7, 11) is 0. The van der Waals surface area contributed by atoms with Crippen LogP contribution in [-0.2, 0) is 0 Å². The lowest BCUT2D eigenvalue weighted by Gasteiger charge is -2.27. The summed E-state index contributed by atoms with van der Waals surface area (Å²) in [5.74, 6) is 0. The van der Waals surface area contributed by atoms with Crippen LogP contribution in [0.4, 0.5) is 0 Å². The van der Waals surface area contributed by atoms with Gasteiger partial charge in [0.2, 0.25) is 0 Å². The Morgan fingerprint density at radius 3 is 2.27 bits per heavy atom. The van der Waals surface area contributed by atoms with Gasteiger partial charge >= 0.3 is 0 Å². The average Bonchev–Trinajstić information content (AvgIpc) is 2.26. The van der Waals surface area contributed by atoms with Gasteiger partial charge in [-0.1, -0.05) is 20.8 Å².